The average molecular weight is 263 g/mol. The van der Waals surface area contributed by atoms with Crippen LogP contribution >= 0.6 is 0 Å². The van der Waals surface area contributed by atoms with E-state index in [0.717, 1.165) is 43.8 Å². The fourth-order valence-corrected chi connectivity index (χ4v) is 2.84. The van der Waals surface area contributed by atoms with Crippen LogP contribution in [0.5, 0.6) is 5.75 Å². The summed E-state index contributed by atoms with van der Waals surface area (Å²) >= 11 is 0. The molecule has 1 spiro atoms. The van der Waals surface area contributed by atoms with Gasteiger partial charge in [-0.05, 0) is 17.7 Å². The number of ether oxygens (including phenoxy) is 3. The number of nitrogens with two attached hydrogens (primary N) is 1. The van der Waals surface area contributed by atoms with E-state index < -0.39 is 0 Å². The van der Waals surface area contributed by atoms with Gasteiger partial charge in [-0.2, -0.15) is 0 Å². The van der Waals surface area contributed by atoms with Crippen molar-refractivity contribution in [2.45, 2.75) is 37.5 Å². The molecule has 0 saturated carbocycles. The van der Waals surface area contributed by atoms with Gasteiger partial charge in [-0.1, -0.05) is 12.1 Å². The Balaban J connectivity index is 1.62. The molecule has 0 aromatic heterocycles. The van der Waals surface area contributed by atoms with Gasteiger partial charge in [-0.25, -0.2) is 0 Å². The fourth-order valence-electron chi connectivity index (χ4n) is 2.84. The van der Waals surface area contributed by atoms with Crippen LogP contribution in [-0.4, -0.2) is 31.5 Å². The van der Waals surface area contributed by atoms with Crippen LogP contribution in [0.15, 0.2) is 24.3 Å². The van der Waals surface area contributed by atoms with Crippen LogP contribution in [0.1, 0.15) is 24.8 Å². The Hall–Kier alpha value is -1.10. The normalized spacial score (nSPS) is 30.7. The standard InChI is InChI=1S/C15H21NO3/c16-10-12-1-3-13(4-2-12)19-14-5-7-18-15(9-14)6-8-17-11-15/h1-4,14H,5-11,16H2. The Labute approximate surface area is 113 Å². The van der Waals surface area contributed by atoms with Gasteiger partial charge >= 0.3 is 0 Å². The maximum atomic E-state index is 6.07. The Morgan fingerprint density at radius 2 is 2.11 bits per heavy atom. The largest absolute Gasteiger partial charge is 0.490 e. The molecule has 0 radical (unpaired) electrons. The van der Waals surface area contributed by atoms with E-state index in [1.54, 1.807) is 0 Å². The van der Waals surface area contributed by atoms with Crippen LogP contribution in [0, 0.1) is 0 Å². The molecule has 1 aromatic rings. The summed E-state index contributed by atoms with van der Waals surface area (Å²) < 4.78 is 17.4. The van der Waals surface area contributed by atoms with Gasteiger partial charge < -0.3 is 19.9 Å². The lowest BCUT2D eigenvalue weighted by Crippen LogP contribution is -2.44. The number of rotatable bonds is 3. The van der Waals surface area contributed by atoms with Crippen LogP contribution in [0.3, 0.4) is 0 Å². The molecule has 104 valence electrons. The van der Waals surface area contributed by atoms with Gasteiger partial charge in [0.2, 0.25) is 0 Å². The van der Waals surface area contributed by atoms with Gasteiger partial charge in [-0.3, -0.25) is 0 Å². The fraction of sp³-hybridized carbons (Fsp3) is 0.600. The van der Waals surface area contributed by atoms with E-state index in [9.17, 15) is 0 Å². The maximum absolute atomic E-state index is 6.07. The second-order valence-electron chi connectivity index (χ2n) is 5.41. The van der Waals surface area contributed by atoms with Crippen LogP contribution in [0.4, 0.5) is 0 Å². The Morgan fingerprint density at radius 3 is 2.79 bits per heavy atom. The second-order valence-corrected chi connectivity index (χ2v) is 5.41. The molecule has 2 aliphatic heterocycles. The highest BCUT2D eigenvalue weighted by Gasteiger charge is 2.41. The van der Waals surface area contributed by atoms with E-state index in [0.29, 0.717) is 13.2 Å². The zero-order valence-electron chi connectivity index (χ0n) is 11.1. The summed E-state index contributed by atoms with van der Waals surface area (Å²) in [7, 11) is 0. The zero-order valence-corrected chi connectivity index (χ0v) is 11.1. The molecule has 0 aliphatic carbocycles. The molecule has 0 bridgehead atoms. The summed E-state index contributed by atoms with van der Waals surface area (Å²) in [4.78, 5) is 0. The summed E-state index contributed by atoms with van der Waals surface area (Å²) in [6.45, 7) is 2.84. The molecular formula is C15H21NO3. The Bertz CT molecular complexity index is 412. The number of benzene rings is 1. The Morgan fingerprint density at radius 1 is 1.26 bits per heavy atom. The third-order valence-electron chi connectivity index (χ3n) is 3.98. The van der Waals surface area contributed by atoms with Crippen LogP contribution in [0.2, 0.25) is 0 Å². The van der Waals surface area contributed by atoms with Crippen molar-refractivity contribution < 1.29 is 14.2 Å². The van der Waals surface area contributed by atoms with Crippen molar-refractivity contribution in [3.63, 3.8) is 0 Å². The first-order valence-electron chi connectivity index (χ1n) is 6.97. The molecular weight excluding hydrogens is 242 g/mol. The van der Waals surface area contributed by atoms with Crippen LogP contribution in [0.25, 0.3) is 0 Å². The van der Waals surface area contributed by atoms with Crippen LogP contribution < -0.4 is 10.5 Å². The van der Waals surface area contributed by atoms with E-state index in [1.165, 1.54) is 0 Å². The molecule has 2 atom stereocenters. The highest BCUT2D eigenvalue weighted by atomic mass is 16.6. The van der Waals surface area contributed by atoms with E-state index >= 15 is 0 Å². The molecule has 2 N–H and O–H groups in total. The van der Waals surface area contributed by atoms with Crippen molar-refractivity contribution in [1.29, 1.82) is 0 Å². The Kier molecular flexibility index (Phi) is 3.73. The predicted molar refractivity (Wildman–Crippen MR) is 72.1 cm³/mol. The molecule has 1 aromatic carbocycles. The number of hydrogen-bond donors (Lipinski definition) is 1. The summed E-state index contributed by atoms with van der Waals surface area (Å²) in [5.41, 5.74) is 6.62. The van der Waals surface area contributed by atoms with Gasteiger partial charge in [0, 0.05) is 32.4 Å². The first kappa shape index (κ1) is 12.9. The van der Waals surface area contributed by atoms with Crippen molar-refractivity contribution in [3.8, 4) is 5.75 Å². The van der Waals surface area contributed by atoms with E-state index in [1.807, 2.05) is 24.3 Å². The SMILES string of the molecule is NCc1ccc(OC2CCOC3(CCOC3)C2)cc1. The molecule has 2 fully saturated rings. The molecule has 2 heterocycles. The molecule has 19 heavy (non-hydrogen) atoms. The van der Waals surface area contributed by atoms with Gasteiger partial charge in [0.1, 0.15) is 11.9 Å². The van der Waals surface area contributed by atoms with Gasteiger partial charge in [0.15, 0.2) is 0 Å². The quantitative estimate of drug-likeness (QED) is 0.904. The molecule has 2 unspecified atom stereocenters. The average Bonchev–Trinajstić information content (AvgIpc) is 2.88. The third-order valence-corrected chi connectivity index (χ3v) is 3.98. The van der Waals surface area contributed by atoms with Crippen molar-refractivity contribution in [1.82, 2.24) is 0 Å². The monoisotopic (exact) mass is 263 g/mol. The maximum Gasteiger partial charge on any atom is 0.119 e. The van der Waals surface area contributed by atoms with E-state index in [4.69, 9.17) is 19.9 Å². The van der Waals surface area contributed by atoms with Gasteiger partial charge in [0.25, 0.3) is 0 Å². The van der Waals surface area contributed by atoms with Crippen molar-refractivity contribution >= 4 is 0 Å². The zero-order chi connectivity index (χ0) is 13.1. The topological polar surface area (TPSA) is 53.7 Å². The van der Waals surface area contributed by atoms with Gasteiger partial charge in [0.05, 0.1) is 18.8 Å². The van der Waals surface area contributed by atoms with E-state index in [-0.39, 0.29) is 11.7 Å². The highest BCUT2D eigenvalue weighted by Crippen LogP contribution is 2.34. The lowest BCUT2D eigenvalue weighted by Gasteiger charge is -2.37. The lowest BCUT2D eigenvalue weighted by atomic mass is 9.91. The van der Waals surface area contributed by atoms with Crippen molar-refractivity contribution in [3.05, 3.63) is 29.8 Å². The van der Waals surface area contributed by atoms with Crippen molar-refractivity contribution in [2.75, 3.05) is 19.8 Å². The molecule has 4 nitrogen and oxygen atoms in total. The molecule has 2 aliphatic rings. The smallest absolute Gasteiger partial charge is 0.119 e. The molecule has 2 saturated heterocycles. The summed E-state index contributed by atoms with van der Waals surface area (Å²) in [5, 5.41) is 0. The minimum Gasteiger partial charge on any atom is -0.490 e. The van der Waals surface area contributed by atoms with Crippen LogP contribution in [-0.2, 0) is 16.0 Å². The van der Waals surface area contributed by atoms with E-state index in [2.05, 4.69) is 0 Å². The summed E-state index contributed by atoms with van der Waals surface area (Å²) in [5.74, 6) is 0.915. The minimum atomic E-state index is -0.0971. The second kappa shape index (κ2) is 5.49. The minimum absolute atomic E-state index is 0.0971. The van der Waals surface area contributed by atoms with Gasteiger partial charge in [-0.15, -0.1) is 0 Å². The molecule has 3 rings (SSSR count). The first-order valence-corrected chi connectivity index (χ1v) is 6.97. The predicted octanol–water partition coefficient (Wildman–Crippen LogP) is 1.86. The summed E-state index contributed by atoms with van der Waals surface area (Å²) in [6.07, 6.45) is 3.07. The molecule has 0 amide bonds. The number of hydrogen-bond acceptors (Lipinski definition) is 4. The summed E-state index contributed by atoms with van der Waals surface area (Å²) in [6, 6.07) is 8.02. The molecule has 4 heteroatoms. The van der Waals surface area contributed by atoms with Crippen molar-refractivity contribution in [2.24, 2.45) is 5.73 Å². The lowest BCUT2D eigenvalue weighted by molar-refractivity contribution is -0.112. The third kappa shape index (κ3) is 2.91. The first-order chi connectivity index (χ1) is 9.30. The highest BCUT2D eigenvalue weighted by molar-refractivity contribution is 5.27.